The molecule has 2 aromatic rings. The van der Waals surface area contributed by atoms with Gasteiger partial charge < -0.3 is 20.1 Å². The maximum absolute atomic E-state index is 12.2. The molecule has 22 heavy (non-hydrogen) atoms. The van der Waals surface area contributed by atoms with E-state index in [2.05, 4.69) is 20.1 Å². The van der Waals surface area contributed by atoms with Crippen LogP contribution in [0.3, 0.4) is 0 Å². The summed E-state index contributed by atoms with van der Waals surface area (Å²) in [6.07, 6.45) is 3.15. The SMILES string of the molecule is CCOC(=O)c1cnc2[nH]ncc2c1N1CCOC(CN)C1. The van der Waals surface area contributed by atoms with Crippen LogP contribution in [0.1, 0.15) is 17.3 Å². The highest BCUT2D eigenvalue weighted by atomic mass is 16.5. The molecule has 1 fully saturated rings. The van der Waals surface area contributed by atoms with Crippen molar-refractivity contribution in [2.24, 2.45) is 5.73 Å². The number of nitrogens with one attached hydrogen (secondary N) is 1. The number of carbonyl (C=O) groups excluding carboxylic acids is 1. The van der Waals surface area contributed by atoms with E-state index < -0.39 is 0 Å². The lowest BCUT2D eigenvalue weighted by atomic mass is 10.1. The van der Waals surface area contributed by atoms with Gasteiger partial charge >= 0.3 is 5.97 Å². The molecule has 1 atom stereocenters. The minimum absolute atomic E-state index is 0.0566. The van der Waals surface area contributed by atoms with E-state index in [1.54, 1.807) is 13.1 Å². The van der Waals surface area contributed by atoms with Crippen molar-refractivity contribution >= 4 is 22.7 Å². The third-order valence-corrected chi connectivity index (χ3v) is 3.67. The highest BCUT2D eigenvalue weighted by molar-refractivity contribution is 6.04. The molecule has 1 saturated heterocycles. The zero-order chi connectivity index (χ0) is 15.5. The average molecular weight is 305 g/mol. The van der Waals surface area contributed by atoms with Crippen LogP contribution in [0.4, 0.5) is 5.69 Å². The first-order valence-corrected chi connectivity index (χ1v) is 7.30. The number of ether oxygens (including phenoxy) is 2. The maximum atomic E-state index is 12.2. The van der Waals surface area contributed by atoms with E-state index >= 15 is 0 Å². The fourth-order valence-corrected chi connectivity index (χ4v) is 2.65. The molecule has 0 aliphatic carbocycles. The standard InChI is InChI=1S/C14H19N5O3/c1-2-21-14(20)11-6-16-13-10(7-17-18-13)12(11)19-3-4-22-9(5-15)8-19/h6-7,9H,2-5,8,15H2,1H3,(H,16,17,18). The van der Waals surface area contributed by atoms with Crippen LogP contribution >= 0.6 is 0 Å². The predicted molar refractivity (Wildman–Crippen MR) is 80.9 cm³/mol. The molecule has 0 spiro atoms. The zero-order valence-electron chi connectivity index (χ0n) is 12.4. The summed E-state index contributed by atoms with van der Waals surface area (Å²) in [5, 5.41) is 7.64. The summed E-state index contributed by atoms with van der Waals surface area (Å²) in [4.78, 5) is 18.6. The van der Waals surface area contributed by atoms with E-state index in [0.29, 0.717) is 44.1 Å². The highest BCUT2D eigenvalue weighted by Crippen LogP contribution is 2.30. The van der Waals surface area contributed by atoms with E-state index in [-0.39, 0.29) is 12.1 Å². The topological polar surface area (TPSA) is 106 Å². The number of morpholine rings is 1. The summed E-state index contributed by atoms with van der Waals surface area (Å²) in [5.74, 6) is -0.385. The van der Waals surface area contributed by atoms with Crippen LogP contribution in [0.15, 0.2) is 12.4 Å². The minimum atomic E-state index is -0.385. The number of H-pyrrole nitrogens is 1. The molecule has 1 unspecified atom stereocenters. The second-order valence-corrected chi connectivity index (χ2v) is 5.05. The Balaban J connectivity index is 2.06. The van der Waals surface area contributed by atoms with Gasteiger partial charge in [0.05, 0.1) is 36.6 Å². The number of carbonyl (C=O) groups is 1. The molecule has 0 saturated carbocycles. The summed E-state index contributed by atoms with van der Waals surface area (Å²) in [5.41, 5.74) is 7.56. The van der Waals surface area contributed by atoms with E-state index in [0.717, 1.165) is 11.1 Å². The first kappa shape index (κ1) is 14.7. The Kier molecular flexibility index (Phi) is 4.21. The number of hydrogen-bond acceptors (Lipinski definition) is 7. The van der Waals surface area contributed by atoms with Crippen LogP contribution in [-0.4, -0.2) is 60.1 Å². The van der Waals surface area contributed by atoms with Crippen LogP contribution in [0.5, 0.6) is 0 Å². The molecule has 0 amide bonds. The Labute approximate surface area is 127 Å². The zero-order valence-corrected chi connectivity index (χ0v) is 12.4. The largest absolute Gasteiger partial charge is 0.462 e. The van der Waals surface area contributed by atoms with Gasteiger partial charge in [0.25, 0.3) is 0 Å². The Hall–Kier alpha value is -2.19. The monoisotopic (exact) mass is 305 g/mol. The molecule has 1 aliphatic rings. The van der Waals surface area contributed by atoms with Gasteiger partial charge in [-0.25, -0.2) is 9.78 Å². The summed E-state index contributed by atoms with van der Waals surface area (Å²) < 4.78 is 10.7. The molecule has 8 nitrogen and oxygen atoms in total. The third-order valence-electron chi connectivity index (χ3n) is 3.67. The summed E-state index contributed by atoms with van der Waals surface area (Å²) in [7, 11) is 0. The van der Waals surface area contributed by atoms with Crippen molar-refractivity contribution in [3.63, 3.8) is 0 Å². The molecular weight excluding hydrogens is 286 g/mol. The molecule has 3 N–H and O–H groups in total. The average Bonchev–Trinajstić information content (AvgIpc) is 3.02. The number of nitrogens with zero attached hydrogens (tertiary/aromatic N) is 3. The second kappa shape index (κ2) is 6.29. The number of aromatic amines is 1. The molecule has 2 aromatic heterocycles. The minimum Gasteiger partial charge on any atom is -0.462 e. The normalized spacial score (nSPS) is 18.6. The van der Waals surface area contributed by atoms with Crippen LogP contribution in [0, 0.1) is 0 Å². The van der Waals surface area contributed by atoms with E-state index in [4.69, 9.17) is 15.2 Å². The van der Waals surface area contributed by atoms with E-state index in [1.807, 2.05) is 0 Å². The first-order chi connectivity index (χ1) is 10.7. The van der Waals surface area contributed by atoms with E-state index in [9.17, 15) is 4.79 Å². The van der Waals surface area contributed by atoms with Crippen LogP contribution in [0.2, 0.25) is 0 Å². The number of nitrogens with two attached hydrogens (primary N) is 1. The quantitative estimate of drug-likeness (QED) is 0.782. The van der Waals surface area contributed by atoms with Crippen LogP contribution in [-0.2, 0) is 9.47 Å². The van der Waals surface area contributed by atoms with Gasteiger partial charge in [0, 0.05) is 25.8 Å². The van der Waals surface area contributed by atoms with Crippen molar-refractivity contribution < 1.29 is 14.3 Å². The molecule has 3 heterocycles. The second-order valence-electron chi connectivity index (χ2n) is 5.05. The van der Waals surface area contributed by atoms with Gasteiger partial charge in [-0.15, -0.1) is 0 Å². The lowest BCUT2D eigenvalue weighted by Crippen LogP contribution is -2.46. The number of aromatic nitrogens is 3. The Morgan fingerprint density at radius 1 is 1.59 bits per heavy atom. The maximum Gasteiger partial charge on any atom is 0.341 e. The van der Waals surface area contributed by atoms with Crippen molar-refractivity contribution in [1.29, 1.82) is 0 Å². The van der Waals surface area contributed by atoms with Crippen molar-refractivity contribution in [2.75, 3.05) is 37.7 Å². The lowest BCUT2D eigenvalue weighted by molar-refractivity contribution is 0.0456. The lowest BCUT2D eigenvalue weighted by Gasteiger charge is -2.35. The van der Waals surface area contributed by atoms with Gasteiger partial charge in [-0.05, 0) is 6.92 Å². The van der Waals surface area contributed by atoms with Crippen molar-refractivity contribution in [3.8, 4) is 0 Å². The molecule has 118 valence electrons. The van der Waals surface area contributed by atoms with Crippen LogP contribution in [0.25, 0.3) is 11.0 Å². The Morgan fingerprint density at radius 2 is 2.45 bits per heavy atom. The van der Waals surface area contributed by atoms with E-state index in [1.165, 1.54) is 6.20 Å². The molecule has 0 bridgehead atoms. The summed E-state index contributed by atoms with van der Waals surface area (Å²) in [6, 6.07) is 0. The Bertz CT molecular complexity index is 672. The summed E-state index contributed by atoms with van der Waals surface area (Å²) in [6.45, 7) is 4.38. The predicted octanol–water partition coefficient (Wildman–Crippen LogP) is 0.299. The number of fused-ring (bicyclic) bond motifs is 1. The molecule has 3 rings (SSSR count). The number of esters is 1. The fourth-order valence-electron chi connectivity index (χ4n) is 2.65. The van der Waals surface area contributed by atoms with Gasteiger partial charge in [-0.3, -0.25) is 5.10 Å². The fraction of sp³-hybridized carbons (Fsp3) is 0.500. The van der Waals surface area contributed by atoms with Gasteiger partial charge in [-0.1, -0.05) is 0 Å². The van der Waals surface area contributed by atoms with Gasteiger partial charge in [0.15, 0.2) is 5.65 Å². The van der Waals surface area contributed by atoms with Crippen molar-refractivity contribution in [1.82, 2.24) is 15.2 Å². The van der Waals surface area contributed by atoms with Crippen LogP contribution < -0.4 is 10.6 Å². The molecule has 8 heteroatoms. The number of pyridine rings is 1. The van der Waals surface area contributed by atoms with Crippen molar-refractivity contribution in [2.45, 2.75) is 13.0 Å². The van der Waals surface area contributed by atoms with Crippen molar-refractivity contribution in [3.05, 3.63) is 18.0 Å². The molecular formula is C14H19N5O3. The molecule has 1 aliphatic heterocycles. The molecule has 0 aromatic carbocycles. The number of anilines is 1. The highest BCUT2D eigenvalue weighted by Gasteiger charge is 2.26. The van der Waals surface area contributed by atoms with Gasteiger partial charge in [0.1, 0.15) is 5.56 Å². The molecule has 0 radical (unpaired) electrons. The summed E-state index contributed by atoms with van der Waals surface area (Å²) >= 11 is 0. The number of rotatable bonds is 4. The van der Waals surface area contributed by atoms with Gasteiger partial charge in [-0.2, -0.15) is 5.10 Å². The smallest absolute Gasteiger partial charge is 0.341 e. The third kappa shape index (κ3) is 2.62. The van der Waals surface area contributed by atoms with Gasteiger partial charge in [0.2, 0.25) is 0 Å². The number of hydrogen-bond donors (Lipinski definition) is 2. The Morgan fingerprint density at radius 3 is 3.23 bits per heavy atom. The first-order valence-electron chi connectivity index (χ1n) is 7.30.